The zero-order valence-electron chi connectivity index (χ0n) is 15.9. The highest BCUT2D eigenvalue weighted by Gasteiger charge is 2.26. The largest absolute Gasteiger partial charge is 0.399 e. The molecule has 2 N–H and O–H groups in total. The number of likely N-dealkylation sites (tertiary alicyclic amines) is 1. The van der Waals surface area contributed by atoms with Crippen LogP contribution in [0.2, 0.25) is 0 Å². The van der Waals surface area contributed by atoms with E-state index in [9.17, 15) is 4.79 Å². The standard InChI is InChI=1S/C19H31N3O2.2ClH/c1-3-21(4-2)13-14-24-17-11-12-22(15-17)19(23)10-9-16-7-5-6-8-18(16)20;;/h5-8,17H,3-4,9-15,20H2,1-2H3;2*1H. The van der Waals surface area contributed by atoms with Crippen molar-refractivity contribution in [1.29, 1.82) is 0 Å². The van der Waals surface area contributed by atoms with Crippen LogP contribution in [0.15, 0.2) is 24.3 Å². The molecule has 1 unspecified atom stereocenters. The van der Waals surface area contributed by atoms with E-state index in [-0.39, 0.29) is 36.8 Å². The Kier molecular flexibility index (Phi) is 12.7. The van der Waals surface area contributed by atoms with Crippen molar-refractivity contribution in [2.45, 2.75) is 39.2 Å². The topological polar surface area (TPSA) is 58.8 Å². The third-order valence-electron chi connectivity index (χ3n) is 4.82. The summed E-state index contributed by atoms with van der Waals surface area (Å²) in [7, 11) is 0. The van der Waals surface area contributed by atoms with Crippen molar-refractivity contribution in [1.82, 2.24) is 9.80 Å². The SMILES string of the molecule is CCN(CC)CCOC1CCN(C(=O)CCc2ccccc2N)C1.Cl.Cl. The molecule has 1 saturated heterocycles. The Labute approximate surface area is 170 Å². The molecule has 150 valence electrons. The number of ether oxygens (including phenoxy) is 1. The van der Waals surface area contributed by atoms with Crippen LogP contribution in [-0.2, 0) is 16.0 Å². The molecule has 0 aromatic heterocycles. The number of rotatable bonds is 9. The molecule has 0 aliphatic carbocycles. The zero-order chi connectivity index (χ0) is 17.4. The van der Waals surface area contributed by atoms with Gasteiger partial charge in [-0.1, -0.05) is 32.0 Å². The van der Waals surface area contributed by atoms with Crippen molar-refractivity contribution in [3.8, 4) is 0 Å². The molecule has 1 aromatic rings. The summed E-state index contributed by atoms with van der Waals surface area (Å²) in [4.78, 5) is 16.7. The monoisotopic (exact) mass is 405 g/mol. The molecule has 0 spiro atoms. The second-order valence-corrected chi connectivity index (χ2v) is 6.35. The molecule has 1 heterocycles. The molecule has 1 aromatic carbocycles. The maximum absolute atomic E-state index is 12.4. The summed E-state index contributed by atoms with van der Waals surface area (Å²) in [5.41, 5.74) is 7.76. The summed E-state index contributed by atoms with van der Waals surface area (Å²) in [6.07, 6.45) is 2.35. The van der Waals surface area contributed by atoms with Crippen molar-refractivity contribution < 1.29 is 9.53 Å². The lowest BCUT2D eigenvalue weighted by Crippen LogP contribution is -2.32. The fourth-order valence-corrected chi connectivity index (χ4v) is 3.14. The molecule has 5 nitrogen and oxygen atoms in total. The molecule has 0 radical (unpaired) electrons. The molecule has 1 aliphatic rings. The summed E-state index contributed by atoms with van der Waals surface area (Å²) in [6.45, 7) is 9.67. The second kappa shape index (κ2) is 13.2. The molecule has 7 heteroatoms. The van der Waals surface area contributed by atoms with Crippen LogP contribution >= 0.6 is 24.8 Å². The summed E-state index contributed by atoms with van der Waals surface area (Å²) in [6, 6.07) is 7.76. The average molecular weight is 406 g/mol. The molecule has 1 aliphatic heterocycles. The van der Waals surface area contributed by atoms with E-state index >= 15 is 0 Å². The van der Waals surface area contributed by atoms with Gasteiger partial charge in [0.25, 0.3) is 0 Å². The Balaban J connectivity index is 0.00000312. The third-order valence-corrected chi connectivity index (χ3v) is 4.82. The summed E-state index contributed by atoms with van der Waals surface area (Å²) in [5, 5.41) is 0. The number of hydrogen-bond acceptors (Lipinski definition) is 4. The number of likely N-dealkylation sites (N-methyl/N-ethyl adjacent to an activating group) is 1. The van der Waals surface area contributed by atoms with Gasteiger partial charge in [-0.2, -0.15) is 0 Å². The first kappa shape index (κ1) is 25.0. The van der Waals surface area contributed by atoms with Gasteiger partial charge < -0.3 is 20.3 Å². The van der Waals surface area contributed by atoms with E-state index < -0.39 is 0 Å². The number of carbonyl (C=O) groups is 1. The van der Waals surface area contributed by atoms with Crippen LogP contribution in [0, 0.1) is 0 Å². The predicted octanol–water partition coefficient (Wildman–Crippen LogP) is 3.00. The normalized spacial score (nSPS) is 16.3. The Hall–Kier alpha value is -1.01. The van der Waals surface area contributed by atoms with Gasteiger partial charge in [0.15, 0.2) is 0 Å². The van der Waals surface area contributed by atoms with Gasteiger partial charge in [0.1, 0.15) is 0 Å². The van der Waals surface area contributed by atoms with Crippen LogP contribution in [0.25, 0.3) is 0 Å². The highest BCUT2D eigenvalue weighted by molar-refractivity contribution is 5.85. The van der Waals surface area contributed by atoms with Gasteiger partial charge in [0.2, 0.25) is 5.91 Å². The molecule has 1 fully saturated rings. The quantitative estimate of drug-likeness (QED) is 0.641. The van der Waals surface area contributed by atoms with Gasteiger partial charge in [0.05, 0.1) is 12.7 Å². The van der Waals surface area contributed by atoms with Gasteiger partial charge in [-0.05, 0) is 37.6 Å². The van der Waals surface area contributed by atoms with Crippen molar-refractivity contribution in [3.05, 3.63) is 29.8 Å². The fourth-order valence-electron chi connectivity index (χ4n) is 3.14. The van der Waals surface area contributed by atoms with Gasteiger partial charge >= 0.3 is 0 Å². The smallest absolute Gasteiger partial charge is 0.222 e. The van der Waals surface area contributed by atoms with Crippen molar-refractivity contribution in [3.63, 3.8) is 0 Å². The van der Waals surface area contributed by atoms with Crippen molar-refractivity contribution >= 4 is 36.4 Å². The van der Waals surface area contributed by atoms with E-state index in [1.165, 1.54) is 0 Å². The van der Waals surface area contributed by atoms with E-state index in [2.05, 4.69) is 18.7 Å². The van der Waals surface area contributed by atoms with E-state index in [1.807, 2.05) is 29.2 Å². The third kappa shape index (κ3) is 7.70. The van der Waals surface area contributed by atoms with E-state index in [0.29, 0.717) is 12.8 Å². The molecular weight excluding hydrogens is 373 g/mol. The number of nitrogens with two attached hydrogens (primary N) is 1. The number of benzene rings is 1. The molecule has 26 heavy (non-hydrogen) atoms. The average Bonchev–Trinajstić information content (AvgIpc) is 3.07. The van der Waals surface area contributed by atoms with Crippen LogP contribution in [-0.4, -0.2) is 61.1 Å². The number of carbonyl (C=O) groups excluding carboxylic acids is 1. The molecule has 0 saturated carbocycles. The van der Waals surface area contributed by atoms with E-state index in [4.69, 9.17) is 10.5 Å². The number of anilines is 1. The number of amides is 1. The van der Waals surface area contributed by atoms with E-state index in [1.54, 1.807) is 0 Å². The first-order valence-electron chi connectivity index (χ1n) is 9.09. The van der Waals surface area contributed by atoms with Gasteiger partial charge in [-0.3, -0.25) is 4.79 Å². The lowest BCUT2D eigenvalue weighted by molar-refractivity contribution is -0.130. The number of para-hydroxylation sites is 1. The first-order chi connectivity index (χ1) is 11.6. The van der Waals surface area contributed by atoms with Gasteiger partial charge in [-0.25, -0.2) is 0 Å². The fraction of sp³-hybridized carbons (Fsp3) is 0.632. The van der Waals surface area contributed by atoms with Crippen molar-refractivity contribution in [2.24, 2.45) is 0 Å². The number of hydrogen-bond donors (Lipinski definition) is 1. The maximum Gasteiger partial charge on any atom is 0.222 e. The maximum atomic E-state index is 12.4. The minimum Gasteiger partial charge on any atom is -0.399 e. The molecule has 0 bridgehead atoms. The first-order valence-corrected chi connectivity index (χ1v) is 9.09. The number of nitrogen functional groups attached to an aromatic ring is 1. The summed E-state index contributed by atoms with van der Waals surface area (Å²) in [5.74, 6) is 0.202. The molecular formula is C19H33Cl2N3O2. The molecule has 1 amide bonds. The lowest BCUT2D eigenvalue weighted by Gasteiger charge is -2.20. The number of aryl methyl sites for hydroxylation is 1. The minimum atomic E-state index is 0. The van der Waals surface area contributed by atoms with Crippen LogP contribution in [0.5, 0.6) is 0 Å². The van der Waals surface area contributed by atoms with Crippen LogP contribution in [0.3, 0.4) is 0 Å². The van der Waals surface area contributed by atoms with Crippen LogP contribution in [0.1, 0.15) is 32.3 Å². The minimum absolute atomic E-state index is 0. The van der Waals surface area contributed by atoms with Crippen LogP contribution < -0.4 is 5.73 Å². The Morgan fingerprint density at radius 3 is 2.62 bits per heavy atom. The highest BCUT2D eigenvalue weighted by Crippen LogP contribution is 2.17. The molecule has 2 rings (SSSR count). The van der Waals surface area contributed by atoms with Crippen molar-refractivity contribution in [2.75, 3.05) is 45.1 Å². The Morgan fingerprint density at radius 2 is 1.96 bits per heavy atom. The predicted molar refractivity (Wildman–Crippen MR) is 112 cm³/mol. The summed E-state index contributed by atoms with van der Waals surface area (Å²) >= 11 is 0. The van der Waals surface area contributed by atoms with E-state index in [0.717, 1.165) is 57.0 Å². The highest BCUT2D eigenvalue weighted by atomic mass is 35.5. The lowest BCUT2D eigenvalue weighted by atomic mass is 10.1. The summed E-state index contributed by atoms with van der Waals surface area (Å²) < 4.78 is 5.94. The Bertz CT molecular complexity index is 527. The second-order valence-electron chi connectivity index (χ2n) is 6.35. The van der Waals surface area contributed by atoms with Gasteiger partial charge in [-0.15, -0.1) is 24.8 Å². The number of halogens is 2. The zero-order valence-corrected chi connectivity index (χ0v) is 17.5. The van der Waals surface area contributed by atoms with Gasteiger partial charge in [0, 0.05) is 31.7 Å². The number of nitrogens with zero attached hydrogens (tertiary/aromatic N) is 2. The van der Waals surface area contributed by atoms with Crippen LogP contribution in [0.4, 0.5) is 5.69 Å². The Morgan fingerprint density at radius 1 is 1.27 bits per heavy atom. The molecule has 1 atom stereocenters.